The number of hydrogen-bond acceptors (Lipinski definition) is 5. The van der Waals surface area contributed by atoms with Gasteiger partial charge in [0.2, 0.25) is 0 Å². The fraction of sp³-hybridized carbons (Fsp3) is 0.769. The molecule has 116 valence electrons. The number of nitrogens with zero attached hydrogens (tertiary/aromatic N) is 1. The molecule has 0 bridgehead atoms. The van der Waals surface area contributed by atoms with Crippen LogP contribution in [0.25, 0.3) is 0 Å². The van der Waals surface area contributed by atoms with Gasteiger partial charge in [-0.3, -0.25) is 4.79 Å². The molecule has 0 unspecified atom stereocenters. The van der Waals surface area contributed by atoms with Crippen molar-refractivity contribution in [2.24, 2.45) is 0 Å². The van der Waals surface area contributed by atoms with Crippen LogP contribution >= 0.6 is 0 Å². The van der Waals surface area contributed by atoms with E-state index < -0.39 is 18.1 Å². The molecule has 0 aromatic carbocycles. The molecule has 0 radical (unpaired) electrons. The highest BCUT2D eigenvalue weighted by molar-refractivity contribution is 5.93. The van der Waals surface area contributed by atoms with Gasteiger partial charge in [-0.2, -0.15) is 0 Å². The van der Waals surface area contributed by atoms with Gasteiger partial charge in [0.15, 0.2) is 0 Å². The van der Waals surface area contributed by atoms with Crippen molar-refractivity contribution >= 4 is 18.1 Å². The zero-order chi connectivity index (χ0) is 15.4. The fourth-order valence-electron chi connectivity index (χ4n) is 1.47. The second-order valence-electron chi connectivity index (χ2n) is 4.07. The molecule has 1 N–H and O–H groups in total. The van der Waals surface area contributed by atoms with Crippen molar-refractivity contribution in [3.05, 3.63) is 0 Å². The number of rotatable bonds is 7. The van der Waals surface area contributed by atoms with E-state index in [0.29, 0.717) is 11.4 Å². The van der Waals surface area contributed by atoms with E-state index in [-0.39, 0.29) is 19.6 Å². The summed E-state index contributed by atoms with van der Waals surface area (Å²) in [6, 6.07) is 0. The Labute approximate surface area is 119 Å². The smallest absolute Gasteiger partial charge is 0.436 e. The molecule has 0 fully saturated rings. The van der Waals surface area contributed by atoms with Crippen molar-refractivity contribution in [1.29, 1.82) is 0 Å². The highest BCUT2D eigenvalue weighted by Gasteiger charge is 2.25. The Morgan fingerprint density at radius 3 is 2.15 bits per heavy atom. The third-order valence-electron chi connectivity index (χ3n) is 2.42. The molecule has 0 rings (SSSR count). The monoisotopic (exact) mass is 288 g/mol. The number of hydrogen-bond donors (Lipinski definition) is 1. The summed E-state index contributed by atoms with van der Waals surface area (Å²) in [4.78, 5) is 34.9. The number of imide groups is 1. The molecule has 20 heavy (non-hydrogen) atoms. The molecule has 3 amide bonds. The third-order valence-corrected chi connectivity index (χ3v) is 2.42. The molecule has 0 saturated heterocycles. The molecule has 0 heterocycles. The molecular formula is C13H24N2O5. The molecule has 0 aromatic heterocycles. The molecular weight excluding hydrogens is 264 g/mol. The first-order chi connectivity index (χ1) is 9.56. The largest absolute Gasteiger partial charge is 0.449 e. The second-order valence-corrected chi connectivity index (χ2v) is 4.07. The van der Waals surface area contributed by atoms with Crippen molar-refractivity contribution < 1.29 is 23.9 Å². The lowest BCUT2D eigenvalue weighted by Crippen LogP contribution is -2.50. The van der Waals surface area contributed by atoms with Crippen LogP contribution in [0.5, 0.6) is 0 Å². The standard InChI is InChI=1S/C13H24N2O5/c1-4-7-8-9-10-11(16)15(13(18)20-6-3)14-12(17)19-5-2/h4-10H2,1-3H3,(H,14,17). The van der Waals surface area contributed by atoms with Crippen LogP contribution in [0.1, 0.15) is 52.9 Å². The summed E-state index contributed by atoms with van der Waals surface area (Å²) in [6.45, 7) is 5.57. The summed E-state index contributed by atoms with van der Waals surface area (Å²) in [7, 11) is 0. The molecule has 7 nitrogen and oxygen atoms in total. The van der Waals surface area contributed by atoms with E-state index in [2.05, 4.69) is 17.1 Å². The van der Waals surface area contributed by atoms with Crippen LogP contribution in [0.4, 0.5) is 9.59 Å². The van der Waals surface area contributed by atoms with Crippen molar-refractivity contribution in [2.75, 3.05) is 13.2 Å². The number of carbonyl (C=O) groups excluding carboxylic acids is 3. The molecule has 0 aliphatic heterocycles. The van der Waals surface area contributed by atoms with E-state index in [0.717, 1.165) is 19.3 Å². The van der Waals surface area contributed by atoms with Gasteiger partial charge in [-0.15, -0.1) is 5.01 Å². The lowest BCUT2D eigenvalue weighted by atomic mass is 10.1. The van der Waals surface area contributed by atoms with Gasteiger partial charge in [-0.1, -0.05) is 26.2 Å². The zero-order valence-corrected chi connectivity index (χ0v) is 12.4. The number of unbranched alkanes of at least 4 members (excludes halogenated alkanes) is 3. The number of amides is 3. The maximum atomic E-state index is 11.9. The van der Waals surface area contributed by atoms with Gasteiger partial charge >= 0.3 is 12.2 Å². The average molecular weight is 288 g/mol. The average Bonchev–Trinajstić information content (AvgIpc) is 2.41. The first kappa shape index (κ1) is 18.2. The number of carbonyl (C=O) groups is 3. The number of nitrogens with one attached hydrogen (secondary N) is 1. The van der Waals surface area contributed by atoms with Gasteiger partial charge in [-0.05, 0) is 20.3 Å². The van der Waals surface area contributed by atoms with E-state index in [1.807, 2.05) is 0 Å². The normalized spacial score (nSPS) is 9.75. The molecule has 0 atom stereocenters. The van der Waals surface area contributed by atoms with Crippen molar-refractivity contribution in [3.8, 4) is 0 Å². The minimum Gasteiger partial charge on any atom is -0.449 e. The van der Waals surface area contributed by atoms with Gasteiger partial charge in [0.05, 0.1) is 13.2 Å². The van der Waals surface area contributed by atoms with Crippen LogP contribution in [-0.2, 0) is 14.3 Å². The Hall–Kier alpha value is -1.79. The number of ether oxygens (including phenoxy) is 2. The van der Waals surface area contributed by atoms with Crippen LogP contribution in [0.3, 0.4) is 0 Å². The molecule has 0 aliphatic rings. The quantitative estimate of drug-likeness (QED) is 0.575. The minimum absolute atomic E-state index is 0.114. The maximum Gasteiger partial charge on any atom is 0.436 e. The SMILES string of the molecule is CCCCCCC(=O)N(NC(=O)OCC)C(=O)OCC. The molecule has 0 aliphatic carbocycles. The Kier molecular flexibility index (Phi) is 10.1. The fourth-order valence-corrected chi connectivity index (χ4v) is 1.47. The first-order valence-corrected chi connectivity index (χ1v) is 6.99. The van der Waals surface area contributed by atoms with Crippen LogP contribution in [0.15, 0.2) is 0 Å². The minimum atomic E-state index is -0.902. The van der Waals surface area contributed by atoms with E-state index in [1.54, 1.807) is 13.8 Å². The Bertz CT molecular complexity index is 320. The van der Waals surface area contributed by atoms with Gasteiger partial charge in [0.25, 0.3) is 5.91 Å². The lowest BCUT2D eigenvalue weighted by Gasteiger charge is -2.20. The predicted octanol–water partition coefficient (Wildman–Crippen LogP) is 2.60. The Morgan fingerprint density at radius 2 is 1.60 bits per heavy atom. The molecule has 0 aromatic rings. The van der Waals surface area contributed by atoms with Crippen molar-refractivity contribution in [1.82, 2.24) is 10.4 Å². The third kappa shape index (κ3) is 7.60. The molecule has 7 heteroatoms. The molecule has 0 saturated carbocycles. The van der Waals surface area contributed by atoms with Crippen LogP contribution in [0, 0.1) is 0 Å². The Balaban J connectivity index is 4.45. The topological polar surface area (TPSA) is 84.9 Å². The van der Waals surface area contributed by atoms with E-state index in [4.69, 9.17) is 4.74 Å². The maximum absolute atomic E-state index is 11.9. The van der Waals surface area contributed by atoms with Gasteiger partial charge < -0.3 is 9.47 Å². The summed E-state index contributed by atoms with van der Waals surface area (Å²) in [5.41, 5.74) is 2.09. The van der Waals surface area contributed by atoms with Gasteiger partial charge in [0.1, 0.15) is 0 Å². The summed E-state index contributed by atoms with van der Waals surface area (Å²) in [6.07, 6.45) is 2.05. The summed E-state index contributed by atoms with van der Waals surface area (Å²) in [5.74, 6) is -0.507. The van der Waals surface area contributed by atoms with Crippen LogP contribution in [0.2, 0.25) is 0 Å². The van der Waals surface area contributed by atoms with Gasteiger partial charge in [-0.25, -0.2) is 15.0 Å². The Morgan fingerprint density at radius 1 is 0.950 bits per heavy atom. The van der Waals surface area contributed by atoms with Crippen LogP contribution in [-0.4, -0.2) is 36.3 Å². The number of hydrazine groups is 1. The van der Waals surface area contributed by atoms with Crippen molar-refractivity contribution in [2.45, 2.75) is 52.9 Å². The zero-order valence-electron chi connectivity index (χ0n) is 12.4. The lowest BCUT2D eigenvalue weighted by molar-refractivity contribution is -0.132. The second kappa shape index (κ2) is 11.1. The molecule has 0 spiro atoms. The highest BCUT2D eigenvalue weighted by atomic mass is 16.6. The highest BCUT2D eigenvalue weighted by Crippen LogP contribution is 2.05. The summed E-state index contributed by atoms with van der Waals surface area (Å²) >= 11 is 0. The summed E-state index contributed by atoms with van der Waals surface area (Å²) < 4.78 is 9.37. The van der Waals surface area contributed by atoms with Crippen molar-refractivity contribution in [3.63, 3.8) is 0 Å². The first-order valence-electron chi connectivity index (χ1n) is 6.99. The van der Waals surface area contributed by atoms with E-state index in [1.165, 1.54) is 0 Å². The van der Waals surface area contributed by atoms with E-state index in [9.17, 15) is 14.4 Å². The summed E-state index contributed by atoms with van der Waals surface area (Å²) in [5, 5.41) is 0.577. The van der Waals surface area contributed by atoms with Gasteiger partial charge in [0, 0.05) is 6.42 Å². The van der Waals surface area contributed by atoms with E-state index >= 15 is 0 Å². The predicted molar refractivity (Wildman–Crippen MR) is 72.8 cm³/mol. The van der Waals surface area contributed by atoms with Crippen LogP contribution < -0.4 is 5.43 Å².